The number of aromatic nitrogens is 2. The average molecular weight is 238 g/mol. The zero-order chi connectivity index (χ0) is 13.3. The molecule has 0 aliphatic heterocycles. The summed E-state index contributed by atoms with van der Waals surface area (Å²) in [6.07, 6.45) is 3.39. The van der Waals surface area contributed by atoms with Gasteiger partial charge in [0.1, 0.15) is 5.82 Å². The van der Waals surface area contributed by atoms with E-state index in [4.69, 9.17) is 5.73 Å². The highest BCUT2D eigenvalue weighted by Gasteiger charge is 2.40. The smallest absolute Gasteiger partial charge is 0.228 e. The molecule has 0 radical (unpaired) electrons. The molecule has 4 N–H and O–H groups in total. The number of rotatable bonds is 4. The lowest BCUT2D eigenvalue weighted by atomic mass is 9.74. The summed E-state index contributed by atoms with van der Waals surface area (Å²) in [6, 6.07) is -0.154. The zero-order valence-corrected chi connectivity index (χ0v) is 11.2. The van der Waals surface area contributed by atoms with Crippen LogP contribution in [0.25, 0.3) is 0 Å². The standard InChI is InChI=1S/C12H22N4O/c1-8(9-14-6-7-15-9)16-10(17)11(2,3)12(4,5)13/h6-8H,13H2,1-5H3,(H,14,15)(H,16,17). The lowest BCUT2D eigenvalue weighted by Gasteiger charge is -2.37. The Kier molecular flexibility index (Phi) is 3.62. The fourth-order valence-corrected chi connectivity index (χ4v) is 1.25. The number of nitrogens with two attached hydrogens (primary N) is 1. The molecule has 1 rings (SSSR count). The molecule has 0 aromatic carbocycles. The SMILES string of the molecule is CC(NC(=O)C(C)(C)C(C)(C)N)c1ncc[nH]1. The molecule has 0 saturated carbocycles. The van der Waals surface area contributed by atoms with E-state index in [0.29, 0.717) is 0 Å². The molecule has 0 fully saturated rings. The number of H-pyrrole nitrogens is 1. The first-order valence-electron chi connectivity index (χ1n) is 5.75. The molecule has 96 valence electrons. The zero-order valence-electron chi connectivity index (χ0n) is 11.2. The van der Waals surface area contributed by atoms with E-state index in [9.17, 15) is 4.79 Å². The van der Waals surface area contributed by atoms with Crippen molar-refractivity contribution < 1.29 is 4.79 Å². The van der Waals surface area contributed by atoms with Gasteiger partial charge >= 0.3 is 0 Å². The Hall–Kier alpha value is -1.36. The van der Waals surface area contributed by atoms with Gasteiger partial charge in [-0.2, -0.15) is 0 Å². The molecule has 1 heterocycles. The maximum absolute atomic E-state index is 12.2. The summed E-state index contributed by atoms with van der Waals surface area (Å²) < 4.78 is 0. The van der Waals surface area contributed by atoms with Crippen molar-refractivity contribution in [3.05, 3.63) is 18.2 Å². The Labute approximate surface area is 102 Å². The first-order chi connectivity index (χ1) is 7.66. The molecule has 1 aromatic heterocycles. The molecule has 5 heteroatoms. The summed E-state index contributed by atoms with van der Waals surface area (Å²) in [5.74, 6) is 0.665. The Morgan fingerprint density at radius 2 is 2.06 bits per heavy atom. The van der Waals surface area contributed by atoms with Crippen LogP contribution in [0.3, 0.4) is 0 Å². The summed E-state index contributed by atoms with van der Waals surface area (Å²) in [4.78, 5) is 19.3. The van der Waals surface area contributed by atoms with Gasteiger partial charge in [0, 0.05) is 17.9 Å². The van der Waals surface area contributed by atoms with Crippen molar-refractivity contribution >= 4 is 5.91 Å². The van der Waals surface area contributed by atoms with Gasteiger partial charge < -0.3 is 16.0 Å². The van der Waals surface area contributed by atoms with Gasteiger partial charge in [0.05, 0.1) is 11.5 Å². The molecule has 1 unspecified atom stereocenters. The van der Waals surface area contributed by atoms with Crippen LogP contribution in [0, 0.1) is 5.41 Å². The van der Waals surface area contributed by atoms with Crippen molar-refractivity contribution in [2.45, 2.75) is 46.2 Å². The van der Waals surface area contributed by atoms with Crippen LogP contribution in [0.4, 0.5) is 0 Å². The lowest BCUT2D eigenvalue weighted by molar-refractivity contribution is -0.133. The minimum absolute atomic E-state index is 0.0751. The van der Waals surface area contributed by atoms with Crippen LogP contribution >= 0.6 is 0 Å². The summed E-state index contributed by atoms with van der Waals surface area (Å²) in [5, 5.41) is 2.92. The fraction of sp³-hybridized carbons (Fsp3) is 0.667. The number of aromatic amines is 1. The third-order valence-corrected chi connectivity index (χ3v) is 3.46. The molecule has 0 saturated heterocycles. The summed E-state index contributed by atoms with van der Waals surface area (Å²) >= 11 is 0. The average Bonchev–Trinajstić information content (AvgIpc) is 2.68. The van der Waals surface area contributed by atoms with Crippen LogP contribution < -0.4 is 11.1 Å². The highest BCUT2D eigenvalue weighted by Crippen LogP contribution is 2.29. The number of imidazole rings is 1. The van der Waals surface area contributed by atoms with Crippen molar-refractivity contribution in [2.75, 3.05) is 0 Å². The third kappa shape index (κ3) is 2.85. The highest BCUT2D eigenvalue weighted by molar-refractivity contribution is 5.83. The van der Waals surface area contributed by atoms with Crippen LogP contribution in [0.5, 0.6) is 0 Å². The third-order valence-electron chi connectivity index (χ3n) is 3.46. The molecule has 1 amide bonds. The van der Waals surface area contributed by atoms with Crippen LogP contribution in [0.2, 0.25) is 0 Å². The maximum atomic E-state index is 12.2. The summed E-state index contributed by atoms with van der Waals surface area (Å²) in [7, 11) is 0. The van der Waals surface area contributed by atoms with Crippen LogP contribution in [-0.2, 0) is 4.79 Å². The number of amides is 1. The summed E-state index contributed by atoms with van der Waals surface area (Å²) in [5.41, 5.74) is 4.80. The van der Waals surface area contributed by atoms with Gasteiger partial charge in [-0.1, -0.05) is 0 Å². The Bertz CT molecular complexity index is 376. The number of hydrogen-bond donors (Lipinski definition) is 3. The molecule has 17 heavy (non-hydrogen) atoms. The molecule has 0 aliphatic rings. The highest BCUT2D eigenvalue weighted by atomic mass is 16.2. The molecule has 1 aromatic rings. The largest absolute Gasteiger partial charge is 0.347 e. The first kappa shape index (κ1) is 13.7. The molecule has 0 bridgehead atoms. The van der Waals surface area contributed by atoms with Gasteiger partial charge in [0.25, 0.3) is 0 Å². The Morgan fingerprint density at radius 1 is 1.47 bits per heavy atom. The second-order valence-electron chi connectivity index (χ2n) is 5.52. The minimum Gasteiger partial charge on any atom is -0.347 e. The number of hydrogen-bond acceptors (Lipinski definition) is 3. The predicted octanol–water partition coefficient (Wildman–Crippen LogP) is 1.35. The van der Waals surface area contributed by atoms with E-state index in [1.54, 1.807) is 12.4 Å². The van der Waals surface area contributed by atoms with Crippen molar-refractivity contribution in [3.8, 4) is 0 Å². The van der Waals surface area contributed by atoms with Gasteiger partial charge in [-0.25, -0.2) is 4.98 Å². The van der Waals surface area contributed by atoms with Crippen molar-refractivity contribution in [1.29, 1.82) is 0 Å². The van der Waals surface area contributed by atoms with E-state index in [1.807, 2.05) is 34.6 Å². The Balaban J connectivity index is 2.73. The van der Waals surface area contributed by atoms with E-state index in [1.165, 1.54) is 0 Å². The van der Waals surface area contributed by atoms with Crippen LogP contribution in [-0.4, -0.2) is 21.4 Å². The first-order valence-corrected chi connectivity index (χ1v) is 5.75. The van der Waals surface area contributed by atoms with Crippen molar-refractivity contribution in [2.24, 2.45) is 11.1 Å². The lowest BCUT2D eigenvalue weighted by Crippen LogP contribution is -2.55. The van der Waals surface area contributed by atoms with Gasteiger partial charge in [0.2, 0.25) is 5.91 Å². The van der Waals surface area contributed by atoms with Gasteiger partial charge in [-0.15, -0.1) is 0 Å². The fourth-order valence-electron chi connectivity index (χ4n) is 1.25. The maximum Gasteiger partial charge on any atom is 0.228 e. The van der Waals surface area contributed by atoms with Gasteiger partial charge in [-0.3, -0.25) is 4.79 Å². The van der Waals surface area contributed by atoms with Crippen molar-refractivity contribution in [3.63, 3.8) is 0 Å². The number of nitrogens with one attached hydrogen (secondary N) is 2. The molecular formula is C12H22N4O. The second kappa shape index (κ2) is 4.49. The van der Waals surface area contributed by atoms with E-state index < -0.39 is 11.0 Å². The second-order valence-corrected chi connectivity index (χ2v) is 5.52. The van der Waals surface area contributed by atoms with Crippen LogP contribution in [0.1, 0.15) is 46.5 Å². The number of carbonyl (C=O) groups is 1. The Morgan fingerprint density at radius 3 is 2.47 bits per heavy atom. The van der Waals surface area contributed by atoms with Crippen LogP contribution in [0.15, 0.2) is 12.4 Å². The molecule has 0 spiro atoms. The van der Waals surface area contributed by atoms with E-state index >= 15 is 0 Å². The molecular weight excluding hydrogens is 216 g/mol. The predicted molar refractivity (Wildman–Crippen MR) is 67.2 cm³/mol. The molecule has 0 aliphatic carbocycles. The minimum atomic E-state index is -0.645. The quantitative estimate of drug-likeness (QED) is 0.740. The number of carbonyl (C=O) groups excluding carboxylic acids is 1. The van der Waals surface area contributed by atoms with E-state index in [-0.39, 0.29) is 11.9 Å². The molecule has 1 atom stereocenters. The normalized spacial score (nSPS) is 14.5. The topological polar surface area (TPSA) is 83.8 Å². The van der Waals surface area contributed by atoms with Crippen molar-refractivity contribution in [1.82, 2.24) is 15.3 Å². The number of nitrogens with zero attached hydrogens (tertiary/aromatic N) is 1. The monoisotopic (exact) mass is 238 g/mol. The van der Waals surface area contributed by atoms with Gasteiger partial charge in [0.15, 0.2) is 0 Å². The van der Waals surface area contributed by atoms with Gasteiger partial charge in [-0.05, 0) is 34.6 Å². The summed E-state index contributed by atoms with van der Waals surface area (Å²) in [6.45, 7) is 9.28. The van der Waals surface area contributed by atoms with E-state index in [0.717, 1.165) is 5.82 Å². The molecule has 5 nitrogen and oxygen atoms in total. The van der Waals surface area contributed by atoms with E-state index in [2.05, 4.69) is 15.3 Å².